The largest absolute Gasteiger partial charge is 0.374 e. The Morgan fingerprint density at radius 3 is 2.63 bits per heavy atom. The molecule has 2 rings (SSSR count). The van der Waals surface area contributed by atoms with E-state index in [-0.39, 0.29) is 5.60 Å². The predicted molar refractivity (Wildman–Crippen MR) is 83.7 cm³/mol. The van der Waals surface area contributed by atoms with Gasteiger partial charge in [-0.15, -0.1) is 11.8 Å². The zero-order valence-corrected chi connectivity index (χ0v) is 13.4. The average Bonchev–Trinajstić information content (AvgIpc) is 2.67. The fourth-order valence-corrected chi connectivity index (χ4v) is 4.12. The second-order valence-corrected chi connectivity index (χ2v) is 7.60. The SMILES string of the molecule is CC(C)CC[C@]1(C)OC[C@H](C)[C@@H]1Sc1ccccc1. The van der Waals surface area contributed by atoms with Crippen LogP contribution in [0.5, 0.6) is 0 Å². The van der Waals surface area contributed by atoms with E-state index < -0.39 is 0 Å². The van der Waals surface area contributed by atoms with Crippen molar-refractivity contribution in [3.8, 4) is 0 Å². The van der Waals surface area contributed by atoms with Crippen molar-refractivity contribution >= 4 is 11.8 Å². The Bertz CT molecular complexity index is 390. The molecule has 0 unspecified atom stereocenters. The van der Waals surface area contributed by atoms with Gasteiger partial charge in [0.2, 0.25) is 0 Å². The van der Waals surface area contributed by atoms with Gasteiger partial charge in [-0.25, -0.2) is 0 Å². The number of ether oxygens (including phenoxy) is 1. The van der Waals surface area contributed by atoms with Gasteiger partial charge >= 0.3 is 0 Å². The van der Waals surface area contributed by atoms with E-state index in [1.807, 2.05) is 11.8 Å². The van der Waals surface area contributed by atoms with Crippen LogP contribution < -0.4 is 0 Å². The molecule has 3 atom stereocenters. The fourth-order valence-electron chi connectivity index (χ4n) is 2.77. The maximum absolute atomic E-state index is 6.17. The van der Waals surface area contributed by atoms with E-state index in [2.05, 4.69) is 58.0 Å². The van der Waals surface area contributed by atoms with Crippen molar-refractivity contribution in [3.63, 3.8) is 0 Å². The van der Waals surface area contributed by atoms with Gasteiger partial charge in [0.05, 0.1) is 12.2 Å². The van der Waals surface area contributed by atoms with Gasteiger partial charge in [0.15, 0.2) is 0 Å². The molecule has 0 aromatic heterocycles. The van der Waals surface area contributed by atoms with E-state index in [9.17, 15) is 0 Å². The Hall–Kier alpha value is -0.470. The molecular weight excluding hydrogens is 252 g/mol. The van der Waals surface area contributed by atoms with Crippen LogP contribution in [0.3, 0.4) is 0 Å². The van der Waals surface area contributed by atoms with E-state index >= 15 is 0 Å². The first-order valence-electron chi connectivity index (χ1n) is 7.37. The lowest BCUT2D eigenvalue weighted by Gasteiger charge is -2.32. The number of thioether (sulfide) groups is 1. The summed E-state index contributed by atoms with van der Waals surface area (Å²) in [6.07, 6.45) is 2.41. The molecule has 0 spiro atoms. The van der Waals surface area contributed by atoms with Crippen molar-refractivity contribution in [1.29, 1.82) is 0 Å². The van der Waals surface area contributed by atoms with Gasteiger partial charge in [0.1, 0.15) is 0 Å². The van der Waals surface area contributed by atoms with Gasteiger partial charge in [0, 0.05) is 10.1 Å². The van der Waals surface area contributed by atoms with Gasteiger partial charge in [-0.2, -0.15) is 0 Å². The average molecular weight is 278 g/mol. The van der Waals surface area contributed by atoms with Crippen molar-refractivity contribution in [2.45, 2.75) is 56.3 Å². The molecular formula is C17H26OS. The molecule has 0 radical (unpaired) electrons. The number of benzene rings is 1. The molecule has 1 saturated heterocycles. The summed E-state index contributed by atoms with van der Waals surface area (Å²) < 4.78 is 6.17. The quantitative estimate of drug-likeness (QED) is 0.749. The molecule has 2 heteroatoms. The molecule has 1 aliphatic rings. The van der Waals surface area contributed by atoms with Crippen molar-refractivity contribution in [2.24, 2.45) is 11.8 Å². The highest BCUT2D eigenvalue weighted by Gasteiger charge is 2.44. The summed E-state index contributed by atoms with van der Waals surface area (Å²) in [5.41, 5.74) is 0.0319. The topological polar surface area (TPSA) is 9.23 Å². The van der Waals surface area contributed by atoms with E-state index in [0.29, 0.717) is 11.2 Å². The summed E-state index contributed by atoms with van der Waals surface area (Å²) in [5.74, 6) is 1.38. The monoisotopic (exact) mass is 278 g/mol. The van der Waals surface area contributed by atoms with Crippen LogP contribution in [0.4, 0.5) is 0 Å². The standard InChI is InChI=1S/C17H26OS/c1-13(2)10-11-17(4)16(14(3)12-18-17)19-15-8-6-5-7-9-15/h5-9,13-14,16H,10-12H2,1-4H3/t14-,16-,17-/m0/s1. The van der Waals surface area contributed by atoms with E-state index in [4.69, 9.17) is 4.74 Å². The molecule has 19 heavy (non-hydrogen) atoms. The summed E-state index contributed by atoms with van der Waals surface area (Å²) in [6, 6.07) is 10.7. The summed E-state index contributed by atoms with van der Waals surface area (Å²) in [4.78, 5) is 1.36. The lowest BCUT2D eigenvalue weighted by atomic mass is 9.89. The summed E-state index contributed by atoms with van der Waals surface area (Å²) in [7, 11) is 0. The van der Waals surface area contributed by atoms with Gasteiger partial charge in [-0.05, 0) is 43.7 Å². The van der Waals surface area contributed by atoms with Crippen LogP contribution in [0.2, 0.25) is 0 Å². The van der Waals surface area contributed by atoms with Crippen LogP contribution >= 0.6 is 11.8 Å². The molecule has 1 aromatic carbocycles. The molecule has 0 amide bonds. The minimum Gasteiger partial charge on any atom is -0.374 e. The van der Waals surface area contributed by atoms with Crippen LogP contribution in [0.15, 0.2) is 35.2 Å². The first kappa shape index (κ1) is 14.9. The molecule has 106 valence electrons. The maximum atomic E-state index is 6.17. The molecule has 1 aliphatic heterocycles. The van der Waals surface area contributed by atoms with Gasteiger partial charge in [-0.1, -0.05) is 39.0 Å². The lowest BCUT2D eigenvalue weighted by molar-refractivity contribution is 0.0111. The molecule has 0 bridgehead atoms. The molecule has 1 nitrogen and oxygen atoms in total. The zero-order valence-electron chi connectivity index (χ0n) is 12.6. The summed E-state index contributed by atoms with van der Waals surface area (Å²) in [6.45, 7) is 10.1. The molecule has 1 aromatic rings. The Labute approximate surface area is 122 Å². The number of hydrogen-bond acceptors (Lipinski definition) is 2. The van der Waals surface area contributed by atoms with Crippen LogP contribution in [-0.4, -0.2) is 17.5 Å². The first-order chi connectivity index (χ1) is 9.01. The van der Waals surface area contributed by atoms with Crippen molar-refractivity contribution in [2.75, 3.05) is 6.61 Å². The van der Waals surface area contributed by atoms with Crippen LogP contribution in [0.1, 0.15) is 40.5 Å². The number of rotatable bonds is 5. The minimum absolute atomic E-state index is 0.0319. The second kappa shape index (κ2) is 6.32. The lowest BCUT2D eigenvalue weighted by Crippen LogP contribution is -2.36. The molecule has 0 saturated carbocycles. The first-order valence-corrected chi connectivity index (χ1v) is 8.25. The molecule has 0 aliphatic carbocycles. The Morgan fingerprint density at radius 1 is 1.32 bits per heavy atom. The van der Waals surface area contributed by atoms with E-state index in [0.717, 1.165) is 12.5 Å². The van der Waals surface area contributed by atoms with Crippen LogP contribution in [-0.2, 0) is 4.74 Å². The third-order valence-corrected chi connectivity index (χ3v) is 5.78. The fraction of sp³-hybridized carbons (Fsp3) is 0.647. The maximum Gasteiger partial charge on any atom is 0.0779 e. The van der Waals surface area contributed by atoms with Gasteiger partial charge in [-0.3, -0.25) is 0 Å². The normalized spacial score (nSPS) is 31.0. The minimum atomic E-state index is 0.0319. The number of hydrogen-bond donors (Lipinski definition) is 0. The van der Waals surface area contributed by atoms with Crippen molar-refractivity contribution in [3.05, 3.63) is 30.3 Å². The molecule has 1 heterocycles. The van der Waals surface area contributed by atoms with E-state index in [1.54, 1.807) is 0 Å². The molecule has 0 N–H and O–H groups in total. The Morgan fingerprint density at radius 2 is 2.00 bits per heavy atom. The highest BCUT2D eigenvalue weighted by Crippen LogP contribution is 2.44. The summed E-state index contributed by atoms with van der Waals surface area (Å²) >= 11 is 1.99. The van der Waals surface area contributed by atoms with Gasteiger partial charge < -0.3 is 4.74 Å². The molecule has 1 fully saturated rings. The second-order valence-electron chi connectivity index (χ2n) is 6.38. The highest BCUT2D eigenvalue weighted by molar-refractivity contribution is 8.00. The third kappa shape index (κ3) is 3.76. The third-order valence-electron chi connectivity index (χ3n) is 4.02. The smallest absolute Gasteiger partial charge is 0.0779 e. The van der Waals surface area contributed by atoms with Crippen molar-refractivity contribution < 1.29 is 4.74 Å². The highest BCUT2D eigenvalue weighted by atomic mass is 32.2. The Kier molecular flexibility index (Phi) is 4.97. The predicted octanol–water partition coefficient (Wildman–Crippen LogP) is 5.01. The van der Waals surface area contributed by atoms with Crippen LogP contribution in [0.25, 0.3) is 0 Å². The van der Waals surface area contributed by atoms with Gasteiger partial charge in [0.25, 0.3) is 0 Å². The Balaban J connectivity index is 2.06. The van der Waals surface area contributed by atoms with E-state index in [1.165, 1.54) is 17.7 Å². The van der Waals surface area contributed by atoms with Crippen LogP contribution in [0, 0.1) is 11.8 Å². The summed E-state index contributed by atoms with van der Waals surface area (Å²) in [5, 5.41) is 0.564. The zero-order chi connectivity index (χ0) is 13.9. The van der Waals surface area contributed by atoms with Crippen molar-refractivity contribution in [1.82, 2.24) is 0 Å².